The van der Waals surface area contributed by atoms with Crippen LogP contribution < -0.4 is 4.74 Å². The highest BCUT2D eigenvalue weighted by atomic mass is 16.7. The molecule has 0 bridgehead atoms. The SMILES string of the molecule is CCOC(=O)C1C2CCC3C(c4ccc(OC)cc4)=NOC3(N3CCCC3)C21. The van der Waals surface area contributed by atoms with Gasteiger partial charge in [0.1, 0.15) is 5.75 Å². The fourth-order valence-electron chi connectivity index (χ4n) is 5.87. The van der Waals surface area contributed by atoms with Crippen LogP contribution in [0.5, 0.6) is 5.75 Å². The molecule has 0 amide bonds. The smallest absolute Gasteiger partial charge is 0.309 e. The summed E-state index contributed by atoms with van der Waals surface area (Å²) < 4.78 is 10.7. The van der Waals surface area contributed by atoms with Gasteiger partial charge in [-0.2, -0.15) is 0 Å². The lowest BCUT2D eigenvalue weighted by atomic mass is 9.76. The number of fused-ring (bicyclic) bond motifs is 3. The molecule has 1 aromatic carbocycles. The van der Waals surface area contributed by atoms with E-state index in [0.717, 1.165) is 43.0 Å². The number of hydrogen-bond acceptors (Lipinski definition) is 6. The summed E-state index contributed by atoms with van der Waals surface area (Å²) in [5.41, 5.74) is 1.62. The number of rotatable bonds is 5. The molecule has 5 rings (SSSR count). The summed E-state index contributed by atoms with van der Waals surface area (Å²) in [4.78, 5) is 21.4. The van der Waals surface area contributed by atoms with E-state index in [1.165, 1.54) is 12.8 Å². The first-order valence-electron chi connectivity index (χ1n) is 10.5. The normalized spacial score (nSPS) is 36.1. The summed E-state index contributed by atoms with van der Waals surface area (Å²) in [6, 6.07) is 8.06. The monoisotopic (exact) mass is 384 g/mol. The second-order valence-electron chi connectivity index (χ2n) is 8.34. The van der Waals surface area contributed by atoms with Crippen molar-refractivity contribution in [3.63, 3.8) is 0 Å². The van der Waals surface area contributed by atoms with Gasteiger partial charge in [0, 0.05) is 24.6 Å². The Kier molecular flexibility index (Phi) is 4.34. The predicted octanol–water partition coefficient (Wildman–Crippen LogP) is 3.06. The molecular formula is C22H28N2O4. The Hall–Kier alpha value is -2.08. The zero-order chi connectivity index (χ0) is 19.3. The van der Waals surface area contributed by atoms with E-state index in [1.807, 2.05) is 19.1 Å². The van der Waals surface area contributed by atoms with Crippen molar-refractivity contribution in [1.82, 2.24) is 4.90 Å². The van der Waals surface area contributed by atoms with Crippen LogP contribution in [0.1, 0.15) is 38.2 Å². The van der Waals surface area contributed by atoms with Gasteiger partial charge in [-0.3, -0.25) is 9.69 Å². The molecule has 1 saturated heterocycles. The number of ether oxygens (including phenoxy) is 2. The van der Waals surface area contributed by atoms with Crippen LogP contribution in [-0.2, 0) is 14.4 Å². The highest BCUT2D eigenvalue weighted by Crippen LogP contribution is 2.66. The van der Waals surface area contributed by atoms with Crippen LogP contribution in [0.15, 0.2) is 29.4 Å². The topological polar surface area (TPSA) is 60.4 Å². The number of likely N-dealkylation sites (tertiary alicyclic amines) is 1. The second kappa shape index (κ2) is 6.76. The van der Waals surface area contributed by atoms with Gasteiger partial charge >= 0.3 is 5.97 Å². The van der Waals surface area contributed by atoms with Gasteiger partial charge in [-0.1, -0.05) is 5.16 Å². The third-order valence-electron chi connectivity index (χ3n) is 7.10. The number of carbonyl (C=O) groups excluding carboxylic acids is 1. The highest BCUT2D eigenvalue weighted by Gasteiger charge is 2.75. The van der Waals surface area contributed by atoms with Crippen molar-refractivity contribution < 1.29 is 19.1 Å². The molecule has 0 aromatic heterocycles. The molecule has 2 aliphatic carbocycles. The van der Waals surface area contributed by atoms with Crippen LogP contribution in [0.25, 0.3) is 0 Å². The van der Waals surface area contributed by atoms with Crippen molar-refractivity contribution in [2.75, 3.05) is 26.8 Å². The van der Waals surface area contributed by atoms with Crippen molar-refractivity contribution >= 4 is 11.7 Å². The van der Waals surface area contributed by atoms with E-state index >= 15 is 0 Å². The summed E-state index contributed by atoms with van der Waals surface area (Å²) in [5.74, 6) is 1.47. The molecule has 6 nitrogen and oxygen atoms in total. The number of nitrogens with zero attached hydrogens (tertiary/aromatic N) is 2. The third-order valence-corrected chi connectivity index (χ3v) is 7.10. The van der Waals surface area contributed by atoms with E-state index in [1.54, 1.807) is 7.11 Å². The molecule has 150 valence electrons. The maximum atomic E-state index is 12.6. The van der Waals surface area contributed by atoms with Crippen LogP contribution in [-0.4, -0.2) is 49.1 Å². The van der Waals surface area contributed by atoms with E-state index in [-0.39, 0.29) is 23.7 Å². The fraction of sp³-hybridized carbons (Fsp3) is 0.636. The van der Waals surface area contributed by atoms with Gasteiger partial charge in [0.05, 0.1) is 31.3 Å². The number of benzene rings is 1. The Morgan fingerprint density at radius 1 is 1.25 bits per heavy atom. The number of esters is 1. The Morgan fingerprint density at radius 3 is 2.68 bits per heavy atom. The van der Waals surface area contributed by atoms with Crippen molar-refractivity contribution in [1.29, 1.82) is 0 Å². The average Bonchev–Trinajstić information content (AvgIpc) is 3.07. The minimum atomic E-state index is -0.480. The predicted molar refractivity (Wildman–Crippen MR) is 104 cm³/mol. The van der Waals surface area contributed by atoms with Gasteiger partial charge in [0.2, 0.25) is 5.72 Å². The van der Waals surface area contributed by atoms with Crippen LogP contribution >= 0.6 is 0 Å². The van der Waals surface area contributed by atoms with E-state index in [9.17, 15) is 4.79 Å². The maximum Gasteiger partial charge on any atom is 0.309 e. The van der Waals surface area contributed by atoms with Crippen molar-refractivity contribution in [2.24, 2.45) is 28.8 Å². The molecule has 1 aromatic rings. The van der Waals surface area contributed by atoms with E-state index in [2.05, 4.69) is 22.2 Å². The Balaban J connectivity index is 1.48. The third kappa shape index (κ3) is 2.50. The number of methoxy groups -OCH3 is 1. The summed E-state index contributed by atoms with van der Waals surface area (Å²) in [7, 11) is 1.67. The standard InChI is InChI=1S/C22H28N2O4/c1-3-27-21(25)18-16-10-11-17-20(14-6-8-15(26-2)9-7-14)23-28-22(17,19(16)18)24-12-4-5-13-24/h6-9,16-19H,3-5,10-13H2,1-2H3. The lowest BCUT2D eigenvalue weighted by molar-refractivity contribution is -0.183. The van der Waals surface area contributed by atoms with Crippen LogP contribution in [0, 0.1) is 23.7 Å². The molecule has 6 heteroatoms. The van der Waals surface area contributed by atoms with Crippen molar-refractivity contribution in [3.8, 4) is 5.75 Å². The molecule has 5 atom stereocenters. The van der Waals surface area contributed by atoms with Gasteiger partial charge < -0.3 is 14.3 Å². The molecule has 0 radical (unpaired) electrons. The molecule has 28 heavy (non-hydrogen) atoms. The zero-order valence-corrected chi connectivity index (χ0v) is 16.6. The molecule has 3 fully saturated rings. The summed E-state index contributed by atoms with van der Waals surface area (Å²) >= 11 is 0. The van der Waals surface area contributed by atoms with E-state index in [0.29, 0.717) is 12.5 Å². The molecule has 0 N–H and O–H groups in total. The van der Waals surface area contributed by atoms with Crippen molar-refractivity contribution in [3.05, 3.63) is 29.8 Å². The molecule has 2 saturated carbocycles. The van der Waals surface area contributed by atoms with Gasteiger partial charge in [-0.15, -0.1) is 0 Å². The first-order chi connectivity index (χ1) is 13.7. The van der Waals surface area contributed by atoms with Crippen molar-refractivity contribution in [2.45, 2.75) is 38.3 Å². The number of hydrogen-bond donors (Lipinski definition) is 0. The minimum absolute atomic E-state index is 0.0454. The number of oxime groups is 1. The molecular weight excluding hydrogens is 356 g/mol. The summed E-state index contributed by atoms with van der Waals surface area (Å²) in [6.45, 7) is 4.34. The van der Waals surface area contributed by atoms with E-state index < -0.39 is 5.72 Å². The molecule has 4 aliphatic rings. The second-order valence-corrected chi connectivity index (χ2v) is 8.34. The summed E-state index contributed by atoms with van der Waals surface area (Å²) in [5, 5.41) is 4.62. The molecule has 5 unspecified atom stereocenters. The largest absolute Gasteiger partial charge is 0.497 e. The van der Waals surface area contributed by atoms with Crippen LogP contribution in [0.2, 0.25) is 0 Å². The first kappa shape index (κ1) is 18.0. The van der Waals surface area contributed by atoms with Gasteiger partial charge in [-0.25, -0.2) is 0 Å². The Bertz CT molecular complexity index is 786. The number of carbonyl (C=O) groups is 1. The Labute approximate surface area is 165 Å². The average molecular weight is 384 g/mol. The first-order valence-corrected chi connectivity index (χ1v) is 10.5. The lowest BCUT2D eigenvalue weighted by Gasteiger charge is -2.43. The Morgan fingerprint density at radius 2 is 2.00 bits per heavy atom. The molecule has 0 spiro atoms. The molecule has 2 aliphatic heterocycles. The molecule has 2 heterocycles. The van der Waals surface area contributed by atoms with E-state index in [4.69, 9.17) is 14.3 Å². The minimum Gasteiger partial charge on any atom is -0.497 e. The highest BCUT2D eigenvalue weighted by molar-refractivity contribution is 6.04. The van der Waals surface area contributed by atoms with Crippen LogP contribution in [0.3, 0.4) is 0 Å². The quantitative estimate of drug-likeness (QED) is 0.730. The lowest BCUT2D eigenvalue weighted by Crippen LogP contribution is -2.57. The van der Waals surface area contributed by atoms with Gasteiger partial charge in [0.25, 0.3) is 0 Å². The fourth-order valence-corrected chi connectivity index (χ4v) is 5.87. The zero-order valence-electron chi connectivity index (χ0n) is 16.6. The maximum absolute atomic E-state index is 12.6. The van der Waals surface area contributed by atoms with Gasteiger partial charge in [-0.05, 0) is 62.8 Å². The summed E-state index contributed by atoms with van der Waals surface area (Å²) in [6.07, 6.45) is 4.39. The van der Waals surface area contributed by atoms with Gasteiger partial charge in [0.15, 0.2) is 0 Å². The van der Waals surface area contributed by atoms with Crippen LogP contribution in [0.4, 0.5) is 0 Å².